The first kappa shape index (κ1) is 8.28. The first-order valence-electron chi connectivity index (χ1n) is 4.08. The Balaban J connectivity index is 2.28. The summed E-state index contributed by atoms with van der Waals surface area (Å²) >= 11 is 0. The fourth-order valence-electron chi connectivity index (χ4n) is 1.37. The van der Waals surface area contributed by atoms with E-state index >= 15 is 0 Å². The topological polar surface area (TPSA) is 41.9 Å². The van der Waals surface area contributed by atoms with Crippen LogP contribution >= 0.6 is 0 Å². The van der Waals surface area contributed by atoms with Crippen molar-refractivity contribution >= 4 is 5.95 Å². The molecule has 0 saturated carbocycles. The van der Waals surface area contributed by atoms with E-state index in [2.05, 4.69) is 15.0 Å². The zero-order valence-electron chi connectivity index (χ0n) is 6.87. The summed E-state index contributed by atoms with van der Waals surface area (Å²) in [7, 11) is 0. The molecule has 2 heterocycles. The highest BCUT2D eigenvalue weighted by atomic mass is 19.1. The van der Waals surface area contributed by atoms with Crippen molar-refractivity contribution in [2.24, 2.45) is 0 Å². The van der Waals surface area contributed by atoms with Crippen LogP contribution in [0.5, 0.6) is 0 Å². The maximum Gasteiger partial charge on any atom is 0.315 e. The van der Waals surface area contributed by atoms with Crippen molar-refractivity contribution in [2.45, 2.75) is 12.8 Å². The summed E-state index contributed by atoms with van der Waals surface area (Å²) < 4.78 is 25.1. The van der Waals surface area contributed by atoms with Gasteiger partial charge in [-0.15, -0.1) is 0 Å². The SMILES string of the molecule is Fc1nc(F)nc(N2CCCC2)n1. The molecule has 0 bridgehead atoms. The molecule has 1 aromatic heterocycles. The van der Waals surface area contributed by atoms with Gasteiger partial charge >= 0.3 is 12.2 Å². The fourth-order valence-corrected chi connectivity index (χ4v) is 1.37. The van der Waals surface area contributed by atoms with E-state index in [0.717, 1.165) is 25.9 Å². The van der Waals surface area contributed by atoms with Crippen molar-refractivity contribution in [1.29, 1.82) is 0 Å². The predicted octanol–water partition coefficient (Wildman–Crippen LogP) is 0.750. The second kappa shape index (κ2) is 3.20. The number of aromatic nitrogens is 3. The number of halogens is 2. The molecule has 0 amide bonds. The van der Waals surface area contributed by atoms with Gasteiger partial charge in [0.2, 0.25) is 5.95 Å². The van der Waals surface area contributed by atoms with Gasteiger partial charge in [-0.3, -0.25) is 0 Å². The van der Waals surface area contributed by atoms with Crippen molar-refractivity contribution in [3.8, 4) is 0 Å². The normalized spacial score (nSPS) is 16.6. The van der Waals surface area contributed by atoms with E-state index in [4.69, 9.17) is 0 Å². The minimum atomic E-state index is -1.06. The monoisotopic (exact) mass is 186 g/mol. The molecule has 6 heteroatoms. The second-order valence-corrected chi connectivity index (χ2v) is 2.87. The third-order valence-electron chi connectivity index (χ3n) is 1.96. The number of hydrogen-bond donors (Lipinski definition) is 0. The summed E-state index contributed by atoms with van der Waals surface area (Å²) in [5, 5.41) is 0. The van der Waals surface area contributed by atoms with E-state index < -0.39 is 12.2 Å². The highest BCUT2D eigenvalue weighted by Gasteiger charge is 2.16. The van der Waals surface area contributed by atoms with Crippen LogP contribution in [0.2, 0.25) is 0 Å². The molecular weight excluding hydrogens is 178 g/mol. The van der Waals surface area contributed by atoms with Crippen molar-refractivity contribution in [3.05, 3.63) is 12.2 Å². The molecule has 0 spiro atoms. The molecule has 1 saturated heterocycles. The Hall–Kier alpha value is -1.33. The van der Waals surface area contributed by atoms with Gasteiger partial charge in [0.15, 0.2) is 0 Å². The van der Waals surface area contributed by atoms with Crippen LogP contribution in [-0.2, 0) is 0 Å². The van der Waals surface area contributed by atoms with Gasteiger partial charge in [-0.05, 0) is 12.8 Å². The van der Waals surface area contributed by atoms with Gasteiger partial charge < -0.3 is 4.90 Å². The Morgan fingerprint density at radius 2 is 1.46 bits per heavy atom. The third kappa shape index (κ3) is 1.71. The number of rotatable bonds is 1. The summed E-state index contributed by atoms with van der Waals surface area (Å²) in [6.45, 7) is 1.51. The number of nitrogens with zero attached hydrogens (tertiary/aromatic N) is 4. The van der Waals surface area contributed by atoms with E-state index in [1.807, 2.05) is 0 Å². The quantitative estimate of drug-likeness (QED) is 0.649. The van der Waals surface area contributed by atoms with E-state index in [9.17, 15) is 8.78 Å². The van der Waals surface area contributed by atoms with Gasteiger partial charge in [0.1, 0.15) is 0 Å². The molecule has 0 radical (unpaired) electrons. The van der Waals surface area contributed by atoms with Crippen LogP contribution in [0.4, 0.5) is 14.7 Å². The summed E-state index contributed by atoms with van der Waals surface area (Å²) in [6, 6.07) is 0. The average molecular weight is 186 g/mol. The Morgan fingerprint density at radius 3 is 2.00 bits per heavy atom. The standard InChI is InChI=1S/C7H8F2N4/c8-5-10-6(9)12-7(11-5)13-3-1-2-4-13/h1-4H2. The van der Waals surface area contributed by atoms with Crippen LogP contribution in [-0.4, -0.2) is 28.0 Å². The molecule has 0 N–H and O–H groups in total. The minimum absolute atomic E-state index is 0.0995. The Labute approximate surface area is 73.6 Å². The van der Waals surface area contributed by atoms with Gasteiger partial charge in [0.25, 0.3) is 0 Å². The molecule has 1 aliphatic rings. The Morgan fingerprint density at radius 1 is 0.923 bits per heavy atom. The van der Waals surface area contributed by atoms with Gasteiger partial charge in [-0.25, -0.2) is 0 Å². The van der Waals surface area contributed by atoms with E-state index in [1.54, 1.807) is 4.90 Å². The number of anilines is 1. The molecular formula is C7H8F2N4. The maximum atomic E-state index is 12.6. The summed E-state index contributed by atoms with van der Waals surface area (Å²) in [5.41, 5.74) is 0. The minimum Gasteiger partial charge on any atom is -0.341 e. The predicted molar refractivity (Wildman–Crippen MR) is 41.2 cm³/mol. The average Bonchev–Trinajstić information content (AvgIpc) is 2.53. The van der Waals surface area contributed by atoms with Gasteiger partial charge in [-0.2, -0.15) is 23.7 Å². The Bertz CT molecular complexity index is 291. The van der Waals surface area contributed by atoms with Gasteiger partial charge in [0.05, 0.1) is 0 Å². The highest BCUT2D eigenvalue weighted by molar-refractivity contribution is 5.28. The first-order chi connectivity index (χ1) is 6.25. The molecule has 0 aromatic carbocycles. The van der Waals surface area contributed by atoms with E-state index in [0.29, 0.717) is 0 Å². The van der Waals surface area contributed by atoms with E-state index in [1.165, 1.54) is 0 Å². The van der Waals surface area contributed by atoms with E-state index in [-0.39, 0.29) is 5.95 Å². The van der Waals surface area contributed by atoms with Crippen LogP contribution in [0.25, 0.3) is 0 Å². The molecule has 1 aromatic rings. The number of hydrogen-bond acceptors (Lipinski definition) is 4. The zero-order valence-corrected chi connectivity index (χ0v) is 6.87. The van der Waals surface area contributed by atoms with Crippen molar-refractivity contribution < 1.29 is 8.78 Å². The van der Waals surface area contributed by atoms with Gasteiger partial charge in [-0.1, -0.05) is 0 Å². The molecule has 4 nitrogen and oxygen atoms in total. The summed E-state index contributed by atoms with van der Waals surface area (Å²) in [4.78, 5) is 11.4. The summed E-state index contributed by atoms with van der Waals surface area (Å²) in [5.74, 6) is 0.0995. The Kier molecular flexibility index (Phi) is 2.03. The van der Waals surface area contributed by atoms with Crippen LogP contribution in [0.1, 0.15) is 12.8 Å². The third-order valence-corrected chi connectivity index (χ3v) is 1.96. The molecule has 1 fully saturated rings. The van der Waals surface area contributed by atoms with Gasteiger partial charge in [0, 0.05) is 13.1 Å². The largest absolute Gasteiger partial charge is 0.341 e. The van der Waals surface area contributed by atoms with Crippen molar-refractivity contribution in [1.82, 2.24) is 15.0 Å². The van der Waals surface area contributed by atoms with Crippen LogP contribution in [0.15, 0.2) is 0 Å². The van der Waals surface area contributed by atoms with Crippen LogP contribution in [0.3, 0.4) is 0 Å². The first-order valence-corrected chi connectivity index (χ1v) is 4.08. The second-order valence-electron chi connectivity index (χ2n) is 2.87. The lowest BCUT2D eigenvalue weighted by molar-refractivity contribution is 0.454. The van der Waals surface area contributed by atoms with Crippen molar-refractivity contribution in [3.63, 3.8) is 0 Å². The molecule has 0 unspecified atom stereocenters. The van der Waals surface area contributed by atoms with Crippen LogP contribution in [0, 0.1) is 12.2 Å². The highest BCUT2D eigenvalue weighted by Crippen LogP contribution is 2.14. The summed E-state index contributed by atoms with van der Waals surface area (Å²) in [6.07, 6.45) is -0.104. The molecule has 13 heavy (non-hydrogen) atoms. The lowest BCUT2D eigenvalue weighted by Gasteiger charge is -2.13. The lowest BCUT2D eigenvalue weighted by atomic mass is 10.4. The van der Waals surface area contributed by atoms with Crippen molar-refractivity contribution in [2.75, 3.05) is 18.0 Å². The fraction of sp³-hybridized carbons (Fsp3) is 0.571. The lowest BCUT2D eigenvalue weighted by Crippen LogP contribution is -2.21. The molecule has 0 atom stereocenters. The molecule has 70 valence electrons. The molecule has 2 rings (SSSR count). The molecule has 1 aliphatic heterocycles. The van der Waals surface area contributed by atoms with Crippen LogP contribution < -0.4 is 4.90 Å². The maximum absolute atomic E-state index is 12.6. The zero-order chi connectivity index (χ0) is 9.26. The smallest absolute Gasteiger partial charge is 0.315 e. The molecule has 0 aliphatic carbocycles.